The number of nitrogens with zero attached hydrogens (tertiary/aromatic N) is 3. The minimum Gasteiger partial charge on any atom is -0.356 e. The van der Waals surface area contributed by atoms with Crippen molar-refractivity contribution in [3.8, 4) is 23.0 Å². The van der Waals surface area contributed by atoms with Gasteiger partial charge >= 0.3 is 0 Å². The maximum atomic E-state index is 6.33. The second-order valence-electron chi connectivity index (χ2n) is 7.01. The van der Waals surface area contributed by atoms with Crippen LogP contribution in [0.4, 0.5) is 0 Å². The van der Waals surface area contributed by atoms with Crippen LogP contribution in [0.2, 0.25) is 0 Å². The summed E-state index contributed by atoms with van der Waals surface area (Å²) in [5.41, 5.74) is 7.40. The Balaban J connectivity index is 1.53. The molecule has 3 aromatic rings. The Bertz CT molecular complexity index is 778. The first kappa shape index (κ1) is 13.9. The number of aryl methyl sites for hydroxylation is 4. The average Bonchev–Trinajstić information content (AvgIpc) is 3.29. The lowest BCUT2D eigenvalue weighted by Crippen LogP contribution is -2.12. The summed E-state index contributed by atoms with van der Waals surface area (Å²) in [7, 11) is 0. The molecule has 0 unspecified atom stereocenters. The third kappa shape index (κ3) is 2.09. The normalized spacial score (nSPS) is 16.8. The molecular weight excluding hydrogens is 300 g/mol. The second kappa shape index (κ2) is 5.26. The summed E-state index contributed by atoms with van der Waals surface area (Å²) >= 11 is 0. The average molecular weight is 322 g/mol. The van der Waals surface area contributed by atoms with E-state index in [1.165, 1.54) is 48.2 Å². The van der Waals surface area contributed by atoms with E-state index in [1.807, 2.05) is 0 Å². The van der Waals surface area contributed by atoms with Crippen molar-refractivity contribution in [2.75, 3.05) is 5.84 Å². The van der Waals surface area contributed by atoms with Crippen molar-refractivity contribution >= 4 is 0 Å². The van der Waals surface area contributed by atoms with Crippen LogP contribution in [0.1, 0.15) is 48.2 Å². The van der Waals surface area contributed by atoms with Crippen LogP contribution in [0.5, 0.6) is 0 Å². The zero-order valence-electron chi connectivity index (χ0n) is 13.7. The van der Waals surface area contributed by atoms with Gasteiger partial charge in [-0.2, -0.15) is 0 Å². The van der Waals surface area contributed by atoms with E-state index in [9.17, 15) is 0 Å². The number of nitrogens with one attached hydrogen (secondary N) is 2. The van der Waals surface area contributed by atoms with E-state index >= 15 is 0 Å². The number of hydrogen-bond donors (Lipinski definition) is 3. The van der Waals surface area contributed by atoms with Crippen molar-refractivity contribution in [1.29, 1.82) is 0 Å². The molecule has 124 valence electrons. The molecule has 0 saturated carbocycles. The summed E-state index contributed by atoms with van der Waals surface area (Å²) in [4.78, 5) is 6.98. The minimum absolute atomic E-state index is 0.701. The van der Waals surface area contributed by atoms with Gasteiger partial charge in [0.2, 0.25) is 0 Å². The third-order valence-electron chi connectivity index (χ3n) is 5.41. The van der Waals surface area contributed by atoms with Gasteiger partial charge in [-0.25, -0.2) is 4.68 Å². The van der Waals surface area contributed by atoms with E-state index in [1.54, 1.807) is 4.68 Å². The molecule has 0 saturated heterocycles. The summed E-state index contributed by atoms with van der Waals surface area (Å²) in [6.45, 7) is 0. The number of rotatable bonds is 2. The van der Waals surface area contributed by atoms with Gasteiger partial charge in [0.15, 0.2) is 11.6 Å². The molecule has 0 atom stereocenters. The van der Waals surface area contributed by atoms with Gasteiger partial charge in [-0.05, 0) is 74.6 Å². The molecule has 3 aromatic heterocycles. The molecular formula is C18H22N6. The van der Waals surface area contributed by atoms with Gasteiger partial charge in [0.05, 0.1) is 11.4 Å². The maximum absolute atomic E-state index is 6.33. The Morgan fingerprint density at radius 1 is 0.750 bits per heavy atom. The lowest BCUT2D eigenvalue weighted by Gasteiger charge is -2.09. The van der Waals surface area contributed by atoms with Crippen molar-refractivity contribution in [3.63, 3.8) is 0 Å². The fraction of sp³-hybridized carbons (Fsp3) is 0.444. The SMILES string of the molecule is Nn1c(-c2cc3c([nH]2)CCCC3)nnc1-c1cc2c([nH]1)CCCC2. The van der Waals surface area contributed by atoms with Crippen molar-refractivity contribution in [1.82, 2.24) is 24.8 Å². The molecule has 5 rings (SSSR count). The summed E-state index contributed by atoms with van der Waals surface area (Å²) in [6, 6.07) is 4.37. The Hall–Kier alpha value is -2.50. The fourth-order valence-corrected chi connectivity index (χ4v) is 4.11. The quantitative estimate of drug-likeness (QED) is 0.634. The van der Waals surface area contributed by atoms with Gasteiger partial charge in [-0.3, -0.25) is 0 Å². The lowest BCUT2D eigenvalue weighted by atomic mass is 9.98. The standard InChI is InChI=1S/C18H22N6/c19-24-17(15-9-11-5-1-3-7-13(11)20-15)22-23-18(24)16-10-12-6-2-4-8-14(12)21-16/h9-10,20-21H,1-8,19H2. The molecule has 2 aliphatic carbocycles. The molecule has 4 N–H and O–H groups in total. The molecule has 24 heavy (non-hydrogen) atoms. The Labute approximate surface area is 140 Å². The van der Waals surface area contributed by atoms with Crippen molar-refractivity contribution < 1.29 is 0 Å². The lowest BCUT2D eigenvalue weighted by molar-refractivity contribution is 0.677. The van der Waals surface area contributed by atoms with Crippen LogP contribution in [-0.4, -0.2) is 24.8 Å². The highest BCUT2D eigenvalue weighted by atomic mass is 15.4. The fourth-order valence-electron chi connectivity index (χ4n) is 4.11. The Morgan fingerprint density at radius 3 is 1.67 bits per heavy atom. The predicted molar refractivity (Wildman–Crippen MR) is 93.0 cm³/mol. The van der Waals surface area contributed by atoms with Crippen LogP contribution in [0.3, 0.4) is 0 Å². The van der Waals surface area contributed by atoms with E-state index in [0.717, 1.165) is 37.1 Å². The molecule has 3 heterocycles. The van der Waals surface area contributed by atoms with Crippen molar-refractivity contribution in [2.45, 2.75) is 51.4 Å². The highest BCUT2D eigenvalue weighted by Crippen LogP contribution is 2.29. The number of hydrogen-bond acceptors (Lipinski definition) is 3. The summed E-state index contributed by atoms with van der Waals surface area (Å²) in [6.07, 6.45) is 9.54. The smallest absolute Gasteiger partial charge is 0.199 e. The molecule has 0 radical (unpaired) electrons. The third-order valence-corrected chi connectivity index (χ3v) is 5.41. The molecule has 0 bridgehead atoms. The van der Waals surface area contributed by atoms with Crippen molar-refractivity contribution in [3.05, 3.63) is 34.6 Å². The monoisotopic (exact) mass is 322 g/mol. The van der Waals surface area contributed by atoms with E-state index in [4.69, 9.17) is 5.84 Å². The number of nitrogens with two attached hydrogens (primary N) is 1. The van der Waals surface area contributed by atoms with Gasteiger partial charge in [0, 0.05) is 11.4 Å². The van der Waals surface area contributed by atoms with Gasteiger partial charge in [-0.15, -0.1) is 10.2 Å². The molecule has 6 nitrogen and oxygen atoms in total. The molecule has 0 aliphatic heterocycles. The topological polar surface area (TPSA) is 88.3 Å². The molecule has 6 heteroatoms. The van der Waals surface area contributed by atoms with E-state index in [2.05, 4.69) is 32.3 Å². The van der Waals surface area contributed by atoms with Gasteiger partial charge < -0.3 is 15.8 Å². The van der Waals surface area contributed by atoms with Gasteiger partial charge in [-0.1, -0.05) is 0 Å². The molecule has 0 aromatic carbocycles. The first-order chi connectivity index (χ1) is 11.8. The number of fused-ring (bicyclic) bond motifs is 2. The Kier molecular flexibility index (Phi) is 3.04. The molecule has 0 spiro atoms. The van der Waals surface area contributed by atoms with Crippen LogP contribution in [0.25, 0.3) is 23.0 Å². The first-order valence-corrected chi connectivity index (χ1v) is 8.92. The predicted octanol–water partition coefficient (Wildman–Crippen LogP) is 2.74. The molecule has 2 aliphatic rings. The highest BCUT2D eigenvalue weighted by Gasteiger charge is 2.21. The van der Waals surface area contributed by atoms with E-state index in [-0.39, 0.29) is 0 Å². The summed E-state index contributed by atoms with van der Waals surface area (Å²) in [5, 5.41) is 8.70. The van der Waals surface area contributed by atoms with E-state index in [0.29, 0.717) is 11.6 Å². The minimum atomic E-state index is 0.701. The van der Waals surface area contributed by atoms with Crippen molar-refractivity contribution in [2.24, 2.45) is 0 Å². The van der Waals surface area contributed by atoms with Crippen LogP contribution >= 0.6 is 0 Å². The second-order valence-corrected chi connectivity index (χ2v) is 7.01. The Morgan fingerprint density at radius 2 is 1.21 bits per heavy atom. The maximum Gasteiger partial charge on any atom is 0.199 e. The summed E-state index contributed by atoms with van der Waals surface area (Å²) in [5.74, 6) is 7.74. The first-order valence-electron chi connectivity index (χ1n) is 8.92. The van der Waals surface area contributed by atoms with Crippen LogP contribution in [0.15, 0.2) is 12.1 Å². The number of aromatic nitrogens is 5. The highest BCUT2D eigenvalue weighted by molar-refractivity contribution is 5.61. The number of H-pyrrole nitrogens is 2. The largest absolute Gasteiger partial charge is 0.356 e. The van der Waals surface area contributed by atoms with Crippen LogP contribution in [-0.2, 0) is 25.7 Å². The molecule has 0 amide bonds. The van der Waals surface area contributed by atoms with Crippen LogP contribution in [0, 0.1) is 0 Å². The van der Waals surface area contributed by atoms with Crippen LogP contribution < -0.4 is 5.84 Å². The zero-order valence-corrected chi connectivity index (χ0v) is 13.7. The van der Waals surface area contributed by atoms with E-state index < -0.39 is 0 Å². The van der Waals surface area contributed by atoms with Gasteiger partial charge in [0.25, 0.3) is 0 Å². The number of aromatic amines is 2. The molecule has 0 fully saturated rings. The summed E-state index contributed by atoms with van der Waals surface area (Å²) < 4.78 is 1.61. The van der Waals surface area contributed by atoms with Gasteiger partial charge in [0.1, 0.15) is 0 Å². The number of nitrogen functional groups attached to an aromatic ring is 1. The zero-order chi connectivity index (χ0) is 16.1.